The molecule has 1 N–H and O–H groups in total. The number of rotatable bonds is 10. The van der Waals surface area contributed by atoms with E-state index in [1.54, 1.807) is 6.07 Å². The minimum absolute atomic E-state index is 0.203. The summed E-state index contributed by atoms with van der Waals surface area (Å²) >= 11 is 6.09. The predicted molar refractivity (Wildman–Crippen MR) is 138 cm³/mol. The standard InChI is InChI=1S/C28H33ClN2O2/c1-4-6-11-23-18-26(32)27(28(33)30-24-12-9-8-10-20(24)3)25(13-7-5-2)31(23)19-21-14-16-22(29)17-15-21/h8-10,12,14-18H,4-7,11,13,19H2,1-3H3,(H,30,33). The highest BCUT2D eigenvalue weighted by molar-refractivity contribution is 6.30. The van der Waals surface area contributed by atoms with Crippen molar-refractivity contribution in [2.75, 3.05) is 5.32 Å². The molecule has 0 aliphatic carbocycles. The van der Waals surface area contributed by atoms with Gasteiger partial charge < -0.3 is 9.88 Å². The summed E-state index contributed by atoms with van der Waals surface area (Å²) in [7, 11) is 0. The molecule has 0 aliphatic rings. The molecule has 33 heavy (non-hydrogen) atoms. The van der Waals surface area contributed by atoms with Crippen LogP contribution in [0.1, 0.15) is 72.4 Å². The number of nitrogens with one attached hydrogen (secondary N) is 1. The van der Waals surface area contributed by atoms with Crippen LogP contribution in [0.5, 0.6) is 0 Å². The lowest BCUT2D eigenvalue weighted by Crippen LogP contribution is -2.29. The van der Waals surface area contributed by atoms with Gasteiger partial charge in [-0.15, -0.1) is 0 Å². The molecule has 2 aromatic carbocycles. The summed E-state index contributed by atoms with van der Waals surface area (Å²) < 4.78 is 2.18. The summed E-state index contributed by atoms with van der Waals surface area (Å²) in [6.07, 6.45) is 5.39. The number of carbonyl (C=O) groups is 1. The van der Waals surface area contributed by atoms with Crippen LogP contribution >= 0.6 is 11.6 Å². The van der Waals surface area contributed by atoms with Gasteiger partial charge in [-0.25, -0.2) is 0 Å². The van der Waals surface area contributed by atoms with Crippen molar-refractivity contribution in [1.29, 1.82) is 0 Å². The molecule has 1 aromatic heterocycles. The molecule has 0 radical (unpaired) electrons. The van der Waals surface area contributed by atoms with Crippen LogP contribution in [0.15, 0.2) is 59.4 Å². The minimum Gasteiger partial charge on any atom is -0.343 e. The fourth-order valence-corrected chi connectivity index (χ4v) is 4.16. The molecule has 0 bridgehead atoms. The van der Waals surface area contributed by atoms with Gasteiger partial charge in [-0.05, 0) is 61.9 Å². The van der Waals surface area contributed by atoms with E-state index in [-0.39, 0.29) is 16.9 Å². The van der Waals surface area contributed by atoms with Crippen LogP contribution in [-0.2, 0) is 19.4 Å². The number of amides is 1. The van der Waals surface area contributed by atoms with Gasteiger partial charge in [0.1, 0.15) is 5.56 Å². The first-order valence-corrected chi connectivity index (χ1v) is 12.2. The Kier molecular flexibility index (Phi) is 8.90. The largest absolute Gasteiger partial charge is 0.343 e. The summed E-state index contributed by atoms with van der Waals surface area (Å²) in [5.41, 5.74) is 4.62. The maximum atomic E-state index is 13.4. The first-order valence-electron chi connectivity index (χ1n) is 11.8. The highest BCUT2D eigenvalue weighted by atomic mass is 35.5. The van der Waals surface area contributed by atoms with Crippen LogP contribution in [0.4, 0.5) is 5.69 Å². The summed E-state index contributed by atoms with van der Waals surface area (Å²) in [6.45, 7) is 6.81. The SMILES string of the molecule is CCCCc1cc(=O)c(C(=O)Nc2ccccc2C)c(CCCC)n1Cc1ccc(Cl)cc1. The second kappa shape index (κ2) is 11.9. The second-order valence-electron chi connectivity index (χ2n) is 8.51. The van der Waals surface area contributed by atoms with E-state index in [0.717, 1.165) is 60.3 Å². The Hall–Kier alpha value is -2.85. The zero-order valence-corrected chi connectivity index (χ0v) is 20.5. The Morgan fingerprint density at radius 1 is 0.970 bits per heavy atom. The average Bonchev–Trinajstić information content (AvgIpc) is 2.80. The van der Waals surface area contributed by atoms with E-state index in [4.69, 9.17) is 11.6 Å². The van der Waals surface area contributed by atoms with E-state index < -0.39 is 0 Å². The lowest BCUT2D eigenvalue weighted by molar-refractivity contribution is 0.102. The fraction of sp³-hybridized carbons (Fsp3) is 0.357. The van der Waals surface area contributed by atoms with Gasteiger partial charge in [-0.2, -0.15) is 0 Å². The third-order valence-electron chi connectivity index (χ3n) is 5.93. The summed E-state index contributed by atoms with van der Waals surface area (Å²) in [5.74, 6) is -0.340. The second-order valence-corrected chi connectivity index (χ2v) is 8.95. The Bertz CT molecular complexity index is 1150. The highest BCUT2D eigenvalue weighted by Crippen LogP contribution is 2.21. The molecule has 0 saturated heterocycles. The molecule has 0 spiro atoms. The topological polar surface area (TPSA) is 51.1 Å². The van der Waals surface area contributed by atoms with E-state index >= 15 is 0 Å². The van der Waals surface area contributed by atoms with E-state index in [0.29, 0.717) is 18.0 Å². The first-order chi connectivity index (χ1) is 15.9. The van der Waals surface area contributed by atoms with Crippen molar-refractivity contribution in [2.24, 2.45) is 0 Å². The Morgan fingerprint density at radius 3 is 2.30 bits per heavy atom. The molecule has 3 rings (SSSR count). The molecular weight excluding hydrogens is 432 g/mol. The number of unbranched alkanes of at least 4 members (excludes halogenated alkanes) is 2. The van der Waals surface area contributed by atoms with Crippen LogP contribution in [0.25, 0.3) is 0 Å². The smallest absolute Gasteiger partial charge is 0.261 e. The van der Waals surface area contributed by atoms with E-state index in [9.17, 15) is 9.59 Å². The van der Waals surface area contributed by atoms with Crippen molar-refractivity contribution in [3.05, 3.63) is 97.9 Å². The molecule has 5 heteroatoms. The van der Waals surface area contributed by atoms with E-state index in [1.807, 2.05) is 55.5 Å². The number of aryl methyl sites for hydroxylation is 2. The number of para-hydroxylation sites is 1. The lowest BCUT2D eigenvalue weighted by Gasteiger charge is -2.22. The molecule has 0 saturated carbocycles. The van der Waals surface area contributed by atoms with Gasteiger partial charge in [0.2, 0.25) is 0 Å². The van der Waals surface area contributed by atoms with Gasteiger partial charge in [0.25, 0.3) is 5.91 Å². The van der Waals surface area contributed by atoms with Crippen LogP contribution in [0.3, 0.4) is 0 Å². The number of benzene rings is 2. The van der Waals surface area contributed by atoms with Crippen LogP contribution in [0.2, 0.25) is 5.02 Å². The molecule has 4 nitrogen and oxygen atoms in total. The third-order valence-corrected chi connectivity index (χ3v) is 6.19. The molecule has 0 fully saturated rings. The van der Waals surface area contributed by atoms with Crippen LogP contribution in [0, 0.1) is 6.92 Å². The number of nitrogens with zero attached hydrogens (tertiary/aromatic N) is 1. The number of hydrogen-bond acceptors (Lipinski definition) is 2. The van der Waals surface area contributed by atoms with E-state index in [2.05, 4.69) is 23.7 Å². The van der Waals surface area contributed by atoms with Gasteiger partial charge in [-0.3, -0.25) is 9.59 Å². The van der Waals surface area contributed by atoms with Crippen molar-refractivity contribution in [3.63, 3.8) is 0 Å². The fourth-order valence-electron chi connectivity index (χ4n) is 4.03. The van der Waals surface area contributed by atoms with Crippen molar-refractivity contribution in [3.8, 4) is 0 Å². The number of carbonyl (C=O) groups excluding carboxylic acids is 1. The quantitative estimate of drug-likeness (QED) is 0.359. The molecule has 0 unspecified atom stereocenters. The summed E-state index contributed by atoms with van der Waals surface area (Å²) in [6, 6.07) is 17.0. The average molecular weight is 465 g/mol. The Balaban J connectivity index is 2.12. The summed E-state index contributed by atoms with van der Waals surface area (Å²) in [5, 5.41) is 3.66. The molecule has 174 valence electrons. The zero-order chi connectivity index (χ0) is 23.8. The molecule has 3 aromatic rings. The van der Waals surface area contributed by atoms with Crippen LogP contribution in [-0.4, -0.2) is 10.5 Å². The number of hydrogen-bond donors (Lipinski definition) is 1. The van der Waals surface area contributed by atoms with Gasteiger partial charge >= 0.3 is 0 Å². The molecular formula is C28H33ClN2O2. The molecule has 0 aliphatic heterocycles. The Morgan fingerprint density at radius 2 is 1.64 bits per heavy atom. The van der Waals surface area contributed by atoms with Gasteiger partial charge in [0, 0.05) is 34.7 Å². The van der Waals surface area contributed by atoms with Crippen molar-refractivity contribution >= 4 is 23.2 Å². The maximum absolute atomic E-state index is 13.4. The third kappa shape index (κ3) is 6.35. The van der Waals surface area contributed by atoms with Crippen molar-refractivity contribution < 1.29 is 4.79 Å². The van der Waals surface area contributed by atoms with Crippen molar-refractivity contribution in [2.45, 2.75) is 65.8 Å². The molecule has 1 amide bonds. The molecule has 1 heterocycles. The number of halogens is 1. The van der Waals surface area contributed by atoms with Crippen LogP contribution < -0.4 is 10.7 Å². The van der Waals surface area contributed by atoms with Gasteiger partial charge in [0.15, 0.2) is 5.43 Å². The monoisotopic (exact) mass is 464 g/mol. The highest BCUT2D eigenvalue weighted by Gasteiger charge is 2.22. The maximum Gasteiger partial charge on any atom is 0.261 e. The minimum atomic E-state index is -0.340. The normalized spacial score (nSPS) is 10.9. The Labute approximate surface area is 201 Å². The zero-order valence-electron chi connectivity index (χ0n) is 19.8. The number of anilines is 1. The van der Waals surface area contributed by atoms with Gasteiger partial charge in [0.05, 0.1) is 0 Å². The summed E-state index contributed by atoms with van der Waals surface area (Å²) in [4.78, 5) is 26.7. The van der Waals surface area contributed by atoms with Gasteiger partial charge in [-0.1, -0.05) is 68.6 Å². The predicted octanol–water partition coefficient (Wildman–Crippen LogP) is 6.80. The lowest BCUT2D eigenvalue weighted by atomic mass is 10.0. The van der Waals surface area contributed by atoms with E-state index in [1.165, 1.54) is 0 Å². The number of aromatic nitrogens is 1. The number of pyridine rings is 1. The molecule has 0 atom stereocenters. The van der Waals surface area contributed by atoms with Crippen molar-refractivity contribution in [1.82, 2.24) is 4.57 Å². The first kappa shape index (κ1) is 24.8.